The Hall–Kier alpha value is -1.63. The van der Waals surface area contributed by atoms with Crippen molar-refractivity contribution in [3.63, 3.8) is 0 Å². The number of carbonyl (C=O) groups is 2. The second-order valence-electron chi connectivity index (χ2n) is 7.09. The van der Waals surface area contributed by atoms with E-state index in [0.29, 0.717) is 19.6 Å². The molecule has 1 fully saturated rings. The maximum absolute atomic E-state index is 12.5. The second-order valence-corrected chi connectivity index (χ2v) is 7.53. The van der Waals surface area contributed by atoms with E-state index < -0.39 is 0 Å². The molecular weight excluding hydrogens is 352 g/mol. The number of likely N-dealkylation sites (N-methyl/N-ethyl adjacent to an activating group) is 1. The Labute approximate surface area is 161 Å². The summed E-state index contributed by atoms with van der Waals surface area (Å²) >= 11 is 5.93. The van der Waals surface area contributed by atoms with Gasteiger partial charge in [-0.15, -0.1) is 0 Å². The molecule has 26 heavy (non-hydrogen) atoms. The standard InChI is InChI=1S/C19H29ClN4O2/c1-3-8-21-18(25)14-22(2)15-19(26)24-11-9-23(10-12-24)13-16-4-6-17(20)7-5-16/h4-7H,3,8-15H2,1-2H3,(H,21,25)/p+2. The Bertz CT molecular complexity index is 586. The van der Waals surface area contributed by atoms with Crippen LogP contribution in [0.25, 0.3) is 0 Å². The molecule has 0 radical (unpaired) electrons. The highest BCUT2D eigenvalue weighted by Crippen LogP contribution is 2.08. The van der Waals surface area contributed by atoms with Crippen LogP contribution in [0.5, 0.6) is 0 Å². The molecule has 0 bridgehead atoms. The summed E-state index contributed by atoms with van der Waals surface area (Å²) < 4.78 is 0. The van der Waals surface area contributed by atoms with Crippen molar-refractivity contribution in [1.29, 1.82) is 0 Å². The highest BCUT2D eigenvalue weighted by atomic mass is 35.5. The van der Waals surface area contributed by atoms with Crippen LogP contribution in [0.2, 0.25) is 5.02 Å². The molecule has 0 saturated carbocycles. The number of quaternary nitrogens is 2. The zero-order chi connectivity index (χ0) is 18.9. The molecule has 2 amide bonds. The zero-order valence-electron chi connectivity index (χ0n) is 15.8. The van der Waals surface area contributed by atoms with Crippen molar-refractivity contribution in [3.8, 4) is 0 Å². The van der Waals surface area contributed by atoms with Gasteiger partial charge in [-0.25, -0.2) is 0 Å². The number of piperazine rings is 1. The highest BCUT2D eigenvalue weighted by Gasteiger charge is 2.26. The van der Waals surface area contributed by atoms with E-state index in [0.717, 1.165) is 49.1 Å². The van der Waals surface area contributed by atoms with Crippen molar-refractivity contribution >= 4 is 23.4 Å². The third kappa shape index (κ3) is 6.94. The number of hydrogen-bond donors (Lipinski definition) is 3. The molecule has 1 atom stereocenters. The molecule has 6 nitrogen and oxygen atoms in total. The minimum absolute atomic E-state index is 0.00868. The summed E-state index contributed by atoms with van der Waals surface area (Å²) in [5.74, 6) is 0.144. The van der Waals surface area contributed by atoms with Crippen molar-refractivity contribution in [3.05, 3.63) is 34.9 Å². The van der Waals surface area contributed by atoms with Gasteiger partial charge in [-0.3, -0.25) is 9.59 Å². The molecule has 1 aliphatic rings. The van der Waals surface area contributed by atoms with Crippen LogP contribution < -0.4 is 15.1 Å². The number of nitrogens with one attached hydrogen (secondary N) is 3. The monoisotopic (exact) mass is 382 g/mol. The van der Waals surface area contributed by atoms with Gasteiger partial charge in [0.05, 0.1) is 33.2 Å². The van der Waals surface area contributed by atoms with E-state index in [2.05, 4.69) is 17.4 Å². The maximum Gasteiger partial charge on any atom is 0.278 e. The number of hydrogen-bond acceptors (Lipinski definition) is 2. The predicted octanol–water partition coefficient (Wildman–Crippen LogP) is -1.39. The fourth-order valence-electron chi connectivity index (χ4n) is 3.17. The van der Waals surface area contributed by atoms with Gasteiger partial charge in [0.15, 0.2) is 13.1 Å². The summed E-state index contributed by atoms with van der Waals surface area (Å²) in [6, 6.07) is 7.97. The Morgan fingerprint density at radius 2 is 1.85 bits per heavy atom. The quantitative estimate of drug-likeness (QED) is 0.518. The molecule has 1 unspecified atom stereocenters. The van der Waals surface area contributed by atoms with Crippen LogP contribution in [0.15, 0.2) is 24.3 Å². The first kappa shape index (κ1) is 20.7. The molecule has 1 aromatic rings. The van der Waals surface area contributed by atoms with Crippen LogP contribution in [0.1, 0.15) is 18.9 Å². The minimum atomic E-state index is 0.00868. The number of nitrogens with zero attached hydrogens (tertiary/aromatic N) is 1. The highest BCUT2D eigenvalue weighted by molar-refractivity contribution is 6.30. The van der Waals surface area contributed by atoms with Crippen LogP contribution in [0, 0.1) is 0 Å². The average Bonchev–Trinajstić information content (AvgIpc) is 2.62. The lowest BCUT2D eigenvalue weighted by Crippen LogP contribution is -3.14. The Morgan fingerprint density at radius 3 is 2.46 bits per heavy atom. The number of carbonyl (C=O) groups excluding carboxylic acids is 2. The van der Waals surface area contributed by atoms with Gasteiger partial charge in [0.25, 0.3) is 11.8 Å². The average molecular weight is 383 g/mol. The number of halogens is 1. The molecule has 0 aromatic heterocycles. The van der Waals surface area contributed by atoms with Crippen LogP contribution in [0.3, 0.4) is 0 Å². The summed E-state index contributed by atoms with van der Waals surface area (Å²) in [5, 5.41) is 3.61. The minimum Gasteiger partial charge on any atom is -0.351 e. The lowest BCUT2D eigenvalue weighted by molar-refractivity contribution is -0.917. The summed E-state index contributed by atoms with van der Waals surface area (Å²) in [6.45, 7) is 7.83. The molecule has 2 rings (SSSR count). The second kappa shape index (κ2) is 10.5. The van der Waals surface area contributed by atoms with Crippen LogP contribution in [-0.4, -0.2) is 69.6 Å². The van der Waals surface area contributed by atoms with E-state index in [9.17, 15) is 9.59 Å². The van der Waals surface area contributed by atoms with Gasteiger partial charge < -0.3 is 20.0 Å². The lowest BCUT2D eigenvalue weighted by Gasteiger charge is -2.32. The van der Waals surface area contributed by atoms with Crippen molar-refractivity contribution in [1.82, 2.24) is 10.2 Å². The summed E-state index contributed by atoms with van der Waals surface area (Å²) in [7, 11) is 1.89. The van der Waals surface area contributed by atoms with Gasteiger partial charge in [-0.1, -0.05) is 30.7 Å². The topological polar surface area (TPSA) is 58.3 Å². The normalized spacial score (nSPS) is 16.3. The Morgan fingerprint density at radius 1 is 1.19 bits per heavy atom. The Balaban J connectivity index is 1.70. The maximum atomic E-state index is 12.5. The zero-order valence-corrected chi connectivity index (χ0v) is 16.6. The number of rotatable bonds is 8. The van der Waals surface area contributed by atoms with E-state index in [1.807, 2.05) is 31.0 Å². The fourth-order valence-corrected chi connectivity index (χ4v) is 3.30. The predicted molar refractivity (Wildman–Crippen MR) is 102 cm³/mol. The van der Waals surface area contributed by atoms with Gasteiger partial charge in [0.2, 0.25) is 0 Å². The largest absolute Gasteiger partial charge is 0.351 e. The third-order valence-electron chi connectivity index (χ3n) is 4.68. The first-order valence-corrected chi connectivity index (χ1v) is 9.79. The van der Waals surface area contributed by atoms with Crippen molar-refractivity contribution in [2.24, 2.45) is 0 Å². The van der Waals surface area contributed by atoms with Gasteiger partial charge in [0.1, 0.15) is 6.54 Å². The fraction of sp³-hybridized carbons (Fsp3) is 0.579. The van der Waals surface area contributed by atoms with E-state index >= 15 is 0 Å². The van der Waals surface area contributed by atoms with Crippen molar-refractivity contribution in [2.75, 3.05) is 52.9 Å². The van der Waals surface area contributed by atoms with Crippen LogP contribution in [-0.2, 0) is 16.1 Å². The Kier molecular flexibility index (Phi) is 8.35. The molecule has 7 heteroatoms. The van der Waals surface area contributed by atoms with E-state index in [1.54, 1.807) is 0 Å². The SMILES string of the molecule is CCCNC(=O)C[NH+](C)CC(=O)N1CC[NH+](Cc2ccc(Cl)cc2)CC1. The molecular formula is C19H31ClN4O2+2. The molecule has 1 saturated heterocycles. The van der Waals surface area contributed by atoms with E-state index in [4.69, 9.17) is 11.6 Å². The first-order valence-electron chi connectivity index (χ1n) is 9.41. The molecule has 1 aromatic carbocycles. The van der Waals surface area contributed by atoms with Crippen LogP contribution in [0.4, 0.5) is 0 Å². The van der Waals surface area contributed by atoms with Crippen molar-refractivity contribution < 1.29 is 19.4 Å². The van der Waals surface area contributed by atoms with Gasteiger partial charge in [0, 0.05) is 17.1 Å². The smallest absolute Gasteiger partial charge is 0.278 e. The molecule has 0 spiro atoms. The third-order valence-corrected chi connectivity index (χ3v) is 4.93. The van der Waals surface area contributed by atoms with Gasteiger partial charge >= 0.3 is 0 Å². The molecule has 1 heterocycles. The summed E-state index contributed by atoms with van der Waals surface area (Å²) in [6.07, 6.45) is 0.923. The molecule has 3 N–H and O–H groups in total. The summed E-state index contributed by atoms with van der Waals surface area (Å²) in [5.41, 5.74) is 1.27. The number of benzene rings is 1. The van der Waals surface area contributed by atoms with Gasteiger partial charge in [-0.2, -0.15) is 0 Å². The molecule has 144 valence electrons. The van der Waals surface area contributed by atoms with E-state index in [-0.39, 0.29) is 11.8 Å². The van der Waals surface area contributed by atoms with E-state index in [1.165, 1.54) is 10.5 Å². The number of amides is 2. The van der Waals surface area contributed by atoms with Crippen molar-refractivity contribution in [2.45, 2.75) is 19.9 Å². The van der Waals surface area contributed by atoms with Gasteiger partial charge in [-0.05, 0) is 18.6 Å². The van der Waals surface area contributed by atoms with Crippen LogP contribution >= 0.6 is 11.6 Å². The molecule has 0 aliphatic carbocycles. The first-order chi connectivity index (χ1) is 12.5. The molecule has 1 aliphatic heterocycles. The lowest BCUT2D eigenvalue weighted by atomic mass is 10.2. The summed E-state index contributed by atoms with van der Waals surface area (Å²) in [4.78, 5) is 28.5.